The van der Waals surface area contributed by atoms with Gasteiger partial charge in [-0.2, -0.15) is 0 Å². The predicted octanol–water partition coefficient (Wildman–Crippen LogP) is 2.93. The summed E-state index contributed by atoms with van der Waals surface area (Å²) in [5.41, 5.74) is 1.38. The highest BCUT2D eigenvalue weighted by atomic mass is 16.2. The molecule has 2 heterocycles. The van der Waals surface area contributed by atoms with Crippen molar-refractivity contribution in [2.45, 2.75) is 70.1 Å². The predicted molar refractivity (Wildman–Crippen MR) is 105 cm³/mol. The third kappa shape index (κ3) is 4.12. The lowest BCUT2D eigenvalue weighted by molar-refractivity contribution is -0.123. The highest BCUT2D eigenvalue weighted by molar-refractivity contribution is 5.82. The fourth-order valence-corrected chi connectivity index (χ4v) is 5.22. The number of rotatable bonds is 5. The zero-order chi connectivity index (χ0) is 17.9. The van der Waals surface area contributed by atoms with Crippen molar-refractivity contribution >= 4 is 5.91 Å². The Balaban J connectivity index is 1.24. The van der Waals surface area contributed by atoms with Gasteiger partial charge in [-0.15, -0.1) is 0 Å². The van der Waals surface area contributed by atoms with E-state index in [-0.39, 0.29) is 18.0 Å². The van der Waals surface area contributed by atoms with Crippen molar-refractivity contribution in [3.05, 3.63) is 35.9 Å². The summed E-state index contributed by atoms with van der Waals surface area (Å²) in [5.74, 6) is 1.52. The summed E-state index contributed by atoms with van der Waals surface area (Å²) in [5, 5.41) is 6.94. The van der Waals surface area contributed by atoms with Crippen LogP contribution in [-0.2, 0) is 11.3 Å². The number of carbonyl (C=O) groups is 1. The standard InChI is InChI=1S/C22H33N3O/c1-16(19-11-12-25(15-19)14-17-7-3-2-4-8-17)23-22(26)21-13-18-9-5-6-10-20(18)24-21/h2-4,7-8,16,18-21,24H,5-6,9-15H2,1H3,(H,23,26). The van der Waals surface area contributed by atoms with Gasteiger partial charge in [0.2, 0.25) is 5.91 Å². The Labute approximate surface area is 157 Å². The molecule has 0 radical (unpaired) electrons. The number of nitrogens with zero attached hydrogens (tertiary/aromatic N) is 1. The van der Waals surface area contributed by atoms with Crippen LogP contribution < -0.4 is 10.6 Å². The second kappa shape index (κ2) is 8.10. The molecule has 4 heteroatoms. The van der Waals surface area contributed by atoms with Gasteiger partial charge >= 0.3 is 0 Å². The van der Waals surface area contributed by atoms with Crippen molar-refractivity contribution in [3.63, 3.8) is 0 Å². The molecule has 142 valence electrons. The van der Waals surface area contributed by atoms with Crippen molar-refractivity contribution in [2.24, 2.45) is 11.8 Å². The topological polar surface area (TPSA) is 44.4 Å². The third-order valence-corrected chi connectivity index (χ3v) is 6.81. The molecule has 1 aromatic carbocycles. The summed E-state index contributed by atoms with van der Waals surface area (Å²) < 4.78 is 0. The van der Waals surface area contributed by atoms with Gasteiger partial charge in [0.15, 0.2) is 0 Å². The number of benzene rings is 1. The summed E-state index contributed by atoms with van der Waals surface area (Å²) in [6, 6.07) is 11.6. The number of carbonyl (C=O) groups excluding carboxylic acids is 1. The Morgan fingerprint density at radius 1 is 1.23 bits per heavy atom. The molecule has 2 saturated heterocycles. The molecular weight excluding hydrogens is 322 g/mol. The van der Waals surface area contributed by atoms with Crippen LogP contribution in [-0.4, -0.2) is 42.0 Å². The molecule has 2 aliphatic heterocycles. The molecule has 4 nitrogen and oxygen atoms in total. The van der Waals surface area contributed by atoms with Crippen LogP contribution in [0.25, 0.3) is 0 Å². The van der Waals surface area contributed by atoms with Gasteiger partial charge in [0.05, 0.1) is 6.04 Å². The second-order valence-corrected chi connectivity index (χ2v) is 8.67. The van der Waals surface area contributed by atoms with E-state index >= 15 is 0 Å². The van der Waals surface area contributed by atoms with Gasteiger partial charge in [-0.3, -0.25) is 9.69 Å². The average molecular weight is 356 g/mol. The molecular formula is C22H33N3O. The van der Waals surface area contributed by atoms with Crippen molar-refractivity contribution < 1.29 is 4.79 Å². The van der Waals surface area contributed by atoms with Crippen LogP contribution in [0.15, 0.2) is 30.3 Å². The number of fused-ring (bicyclic) bond motifs is 1. The minimum absolute atomic E-state index is 0.0346. The van der Waals surface area contributed by atoms with Crippen LogP contribution in [0.5, 0.6) is 0 Å². The lowest BCUT2D eigenvalue weighted by Crippen LogP contribution is -2.48. The number of hydrogen-bond acceptors (Lipinski definition) is 3. The molecule has 3 aliphatic rings. The van der Waals surface area contributed by atoms with Crippen LogP contribution in [0.4, 0.5) is 0 Å². The Morgan fingerprint density at radius 3 is 2.85 bits per heavy atom. The Hall–Kier alpha value is -1.39. The van der Waals surface area contributed by atoms with Crippen molar-refractivity contribution in [3.8, 4) is 0 Å². The maximum atomic E-state index is 12.7. The van der Waals surface area contributed by atoms with E-state index < -0.39 is 0 Å². The van der Waals surface area contributed by atoms with Crippen LogP contribution in [0.2, 0.25) is 0 Å². The van der Waals surface area contributed by atoms with E-state index in [1.54, 1.807) is 0 Å². The van der Waals surface area contributed by atoms with Crippen molar-refractivity contribution in [2.75, 3.05) is 13.1 Å². The molecule has 5 atom stereocenters. The largest absolute Gasteiger partial charge is 0.352 e. The SMILES string of the molecule is CC(NC(=O)C1CC2CCCCC2N1)C1CCN(Cc2ccccc2)C1. The monoisotopic (exact) mass is 355 g/mol. The molecule has 5 unspecified atom stereocenters. The molecule has 1 aliphatic carbocycles. The van der Waals surface area contributed by atoms with Gasteiger partial charge in [-0.1, -0.05) is 43.2 Å². The average Bonchev–Trinajstić information content (AvgIpc) is 3.29. The zero-order valence-electron chi connectivity index (χ0n) is 16.0. The first kappa shape index (κ1) is 18.0. The van der Waals surface area contributed by atoms with E-state index in [1.807, 2.05) is 0 Å². The minimum atomic E-state index is 0.0346. The highest BCUT2D eigenvalue weighted by Gasteiger charge is 2.39. The molecule has 26 heavy (non-hydrogen) atoms. The molecule has 1 saturated carbocycles. The van der Waals surface area contributed by atoms with Crippen LogP contribution in [0.3, 0.4) is 0 Å². The fourth-order valence-electron chi connectivity index (χ4n) is 5.22. The minimum Gasteiger partial charge on any atom is -0.352 e. The lowest BCUT2D eigenvalue weighted by Gasteiger charge is -2.24. The maximum Gasteiger partial charge on any atom is 0.237 e. The molecule has 1 amide bonds. The molecule has 2 N–H and O–H groups in total. The normalized spacial score (nSPS) is 33.0. The lowest BCUT2D eigenvalue weighted by atomic mass is 9.85. The van der Waals surface area contributed by atoms with Crippen molar-refractivity contribution in [1.29, 1.82) is 0 Å². The zero-order valence-corrected chi connectivity index (χ0v) is 16.0. The van der Waals surface area contributed by atoms with Gasteiger partial charge in [0, 0.05) is 25.2 Å². The summed E-state index contributed by atoms with van der Waals surface area (Å²) in [4.78, 5) is 15.3. The van der Waals surface area contributed by atoms with E-state index in [1.165, 1.54) is 37.7 Å². The molecule has 4 rings (SSSR count). The summed E-state index contributed by atoms with van der Waals surface area (Å²) in [6.07, 6.45) is 7.42. The molecule has 3 fully saturated rings. The summed E-state index contributed by atoms with van der Waals surface area (Å²) >= 11 is 0. The van der Waals surface area contributed by atoms with Gasteiger partial charge in [0.25, 0.3) is 0 Å². The smallest absolute Gasteiger partial charge is 0.237 e. The third-order valence-electron chi connectivity index (χ3n) is 6.81. The Kier molecular flexibility index (Phi) is 5.60. The van der Waals surface area contributed by atoms with E-state index in [0.717, 1.165) is 32.0 Å². The summed E-state index contributed by atoms with van der Waals surface area (Å²) in [7, 11) is 0. The van der Waals surface area contributed by atoms with E-state index in [0.29, 0.717) is 12.0 Å². The van der Waals surface area contributed by atoms with E-state index in [4.69, 9.17) is 0 Å². The first-order valence-corrected chi connectivity index (χ1v) is 10.5. The highest BCUT2D eigenvalue weighted by Crippen LogP contribution is 2.33. The van der Waals surface area contributed by atoms with Crippen LogP contribution >= 0.6 is 0 Å². The van der Waals surface area contributed by atoms with Crippen LogP contribution in [0, 0.1) is 11.8 Å². The maximum absolute atomic E-state index is 12.7. The second-order valence-electron chi connectivity index (χ2n) is 8.67. The molecule has 0 spiro atoms. The van der Waals surface area contributed by atoms with Crippen LogP contribution in [0.1, 0.15) is 51.0 Å². The number of hydrogen-bond donors (Lipinski definition) is 2. The molecule has 1 aromatic rings. The van der Waals surface area contributed by atoms with E-state index in [9.17, 15) is 4.79 Å². The van der Waals surface area contributed by atoms with Gasteiger partial charge in [-0.25, -0.2) is 0 Å². The first-order valence-electron chi connectivity index (χ1n) is 10.5. The van der Waals surface area contributed by atoms with E-state index in [2.05, 4.69) is 52.8 Å². The number of amides is 1. The Morgan fingerprint density at radius 2 is 2.04 bits per heavy atom. The molecule has 0 aromatic heterocycles. The summed E-state index contributed by atoms with van der Waals surface area (Å²) in [6.45, 7) is 5.42. The quantitative estimate of drug-likeness (QED) is 0.854. The fraction of sp³-hybridized carbons (Fsp3) is 0.682. The van der Waals surface area contributed by atoms with Gasteiger partial charge in [0.1, 0.15) is 0 Å². The van der Waals surface area contributed by atoms with Gasteiger partial charge in [-0.05, 0) is 56.6 Å². The van der Waals surface area contributed by atoms with Gasteiger partial charge < -0.3 is 10.6 Å². The molecule has 0 bridgehead atoms. The first-order chi connectivity index (χ1) is 12.7. The Bertz CT molecular complexity index is 591. The van der Waals surface area contributed by atoms with Crippen molar-refractivity contribution in [1.82, 2.24) is 15.5 Å². The number of nitrogens with one attached hydrogen (secondary N) is 2. The number of likely N-dealkylation sites (tertiary alicyclic amines) is 1.